The third-order valence-electron chi connectivity index (χ3n) is 11.5. The number of hydrogen-bond donors (Lipinski definition) is 4. The van der Waals surface area contributed by atoms with Gasteiger partial charge >= 0.3 is 6.18 Å². The first kappa shape index (κ1) is 52.0. The molecule has 19 heteroatoms. The van der Waals surface area contributed by atoms with Crippen molar-refractivity contribution in [3.05, 3.63) is 100 Å². The van der Waals surface area contributed by atoms with E-state index in [2.05, 4.69) is 33.4 Å². The Kier molecular flexibility index (Phi) is 16.5. The molecule has 3 aromatic carbocycles. The van der Waals surface area contributed by atoms with Crippen molar-refractivity contribution in [3.8, 4) is 34.2 Å². The van der Waals surface area contributed by atoms with Crippen LogP contribution in [0.5, 0.6) is 0 Å². The highest BCUT2D eigenvalue weighted by molar-refractivity contribution is 7.81. The molecule has 3 atom stereocenters. The number of likely N-dealkylation sites (tertiary alicyclic amines) is 1. The molecule has 4 aromatic rings. The summed E-state index contributed by atoms with van der Waals surface area (Å²) in [7, 11) is 0. The first-order valence-electron chi connectivity index (χ1n) is 22.0. The Balaban J connectivity index is 0.930. The fourth-order valence-electron chi connectivity index (χ4n) is 7.91. The number of aliphatic hydroxyl groups excluding tert-OH is 1. The summed E-state index contributed by atoms with van der Waals surface area (Å²) < 4.78 is 52.8. The van der Waals surface area contributed by atoms with Crippen molar-refractivity contribution in [2.24, 2.45) is 11.1 Å². The number of nitrogens with zero attached hydrogens (tertiary/aromatic N) is 4. The van der Waals surface area contributed by atoms with Crippen molar-refractivity contribution in [1.29, 1.82) is 0 Å². The fraction of sp³-hybridized carbons (Fsp3) is 0.400. The molecular formula is C50H54F3N7O7S2. The Bertz CT molecular complexity index is 2680. The summed E-state index contributed by atoms with van der Waals surface area (Å²) in [6.07, 6.45) is -5.12. The Morgan fingerprint density at radius 2 is 1.70 bits per heavy atom. The quantitative estimate of drug-likeness (QED) is 0.0482. The lowest BCUT2D eigenvalue weighted by Gasteiger charge is -2.35. The SMILES string of the molecule is Cc1ncsc1-c1ccc(CNC(=O)[C@@H]2C[C@@H](O)CN2C(=O)[C@@H](NC(=O)COCCCOCC#Cc2ccc(N3C(=S)N(c4ccc(C#CN)c(C(F)(F)F)c4)C(=O)C3(C)C)cc2)C(C)(C)C)cc1. The molecular weight excluding hydrogens is 932 g/mol. The van der Waals surface area contributed by atoms with Gasteiger partial charge in [-0.15, -0.1) is 11.3 Å². The standard InChI is InChI=1S/C50H54F3N7O7S2/c1-31-42(69-30-56-31)35-14-10-33(11-15-35)27-55-44(63)40-26-38(61)28-58(40)45(64)43(48(2,3)4)57-41(62)29-67-24-8-23-66-22-7-9-32-12-17-36(18-13-32)60-47(68)59(46(65)49(60,5)6)37-19-16-34(20-21-54)39(25-37)50(51,52)53/h10-19,25,30,38,40,43,61H,8,22-24,26-29,54H2,1-6H3,(H,55,63)(H,57,62)/t38-,40+,43-/m1/s1. The normalized spacial score (nSPS) is 17.2. The number of halogens is 3. The number of benzene rings is 3. The molecule has 14 nitrogen and oxygen atoms in total. The molecule has 3 heterocycles. The van der Waals surface area contributed by atoms with Gasteiger partial charge in [0.1, 0.15) is 30.8 Å². The van der Waals surface area contributed by atoms with E-state index >= 15 is 0 Å². The molecule has 4 amide bonds. The molecule has 0 saturated carbocycles. The molecule has 364 valence electrons. The van der Waals surface area contributed by atoms with Gasteiger partial charge in [0.2, 0.25) is 17.7 Å². The van der Waals surface area contributed by atoms with E-state index < -0.39 is 64.5 Å². The molecule has 2 aliphatic rings. The number of amides is 4. The van der Waals surface area contributed by atoms with E-state index in [1.54, 1.807) is 80.6 Å². The lowest BCUT2D eigenvalue weighted by atomic mass is 9.85. The number of nitrogens with one attached hydrogen (secondary N) is 2. The van der Waals surface area contributed by atoms with Crippen LogP contribution in [0.1, 0.15) is 75.4 Å². The van der Waals surface area contributed by atoms with Crippen LogP contribution in [0.3, 0.4) is 0 Å². The average Bonchev–Trinajstić information content (AvgIpc) is 3.96. The van der Waals surface area contributed by atoms with E-state index in [1.165, 1.54) is 11.0 Å². The first-order chi connectivity index (χ1) is 32.6. The highest BCUT2D eigenvalue weighted by Crippen LogP contribution is 2.40. The number of aliphatic hydroxyl groups is 1. The number of β-amino-alcohol motifs (C(OH)–C–C–N with tert-alkyl or cyclic N) is 1. The molecule has 2 fully saturated rings. The maximum atomic E-state index is 14.0. The molecule has 69 heavy (non-hydrogen) atoms. The number of nitrogens with two attached hydrogens (primary N) is 1. The van der Waals surface area contributed by atoms with Crippen LogP contribution in [0.25, 0.3) is 10.4 Å². The topological polar surface area (TPSA) is 180 Å². The van der Waals surface area contributed by atoms with Crippen molar-refractivity contribution in [2.45, 2.75) is 90.8 Å². The van der Waals surface area contributed by atoms with Crippen LogP contribution in [0.4, 0.5) is 24.5 Å². The minimum atomic E-state index is -4.75. The highest BCUT2D eigenvalue weighted by Gasteiger charge is 2.51. The zero-order valence-electron chi connectivity index (χ0n) is 39.0. The van der Waals surface area contributed by atoms with E-state index in [0.29, 0.717) is 17.7 Å². The van der Waals surface area contributed by atoms with Crippen molar-refractivity contribution in [2.75, 3.05) is 42.8 Å². The Labute approximate surface area is 408 Å². The number of hydrogen-bond acceptors (Lipinski definition) is 11. The molecule has 5 N–H and O–H groups in total. The molecule has 0 spiro atoms. The van der Waals surface area contributed by atoms with Crippen molar-refractivity contribution >= 4 is 63.7 Å². The lowest BCUT2D eigenvalue weighted by Crippen LogP contribution is -2.58. The van der Waals surface area contributed by atoms with E-state index in [-0.39, 0.29) is 62.3 Å². The van der Waals surface area contributed by atoms with Gasteiger partial charge in [-0.05, 0) is 104 Å². The Morgan fingerprint density at radius 1 is 1.01 bits per heavy atom. The van der Waals surface area contributed by atoms with Crippen LogP contribution in [0, 0.1) is 36.1 Å². The largest absolute Gasteiger partial charge is 0.417 e. The number of aryl methyl sites for hydroxylation is 1. The van der Waals surface area contributed by atoms with Crippen LogP contribution >= 0.6 is 23.6 Å². The average molecular weight is 986 g/mol. The number of ether oxygens (including phenoxy) is 2. The second-order valence-electron chi connectivity index (χ2n) is 18.1. The third-order valence-corrected chi connectivity index (χ3v) is 12.8. The fourth-order valence-corrected chi connectivity index (χ4v) is 9.25. The van der Waals surface area contributed by atoms with Crippen molar-refractivity contribution < 1.29 is 46.9 Å². The van der Waals surface area contributed by atoms with E-state index in [4.69, 9.17) is 27.4 Å². The van der Waals surface area contributed by atoms with Gasteiger partial charge in [0.25, 0.3) is 5.91 Å². The lowest BCUT2D eigenvalue weighted by molar-refractivity contribution is -0.144. The zero-order chi connectivity index (χ0) is 50.3. The number of aromatic nitrogens is 1. The minimum absolute atomic E-state index is 0.00417. The highest BCUT2D eigenvalue weighted by atomic mass is 32.1. The summed E-state index contributed by atoms with van der Waals surface area (Å²) in [5.41, 5.74) is 7.63. The molecule has 0 radical (unpaired) electrons. The zero-order valence-corrected chi connectivity index (χ0v) is 40.7. The van der Waals surface area contributed by atoms with Crippen LogP contribution in [-0.4, -0.2) is 100 Å². The Hall–Kier alpha value is -6.35. The van der Waals surface area contributed by atoms with Crippen LogP contribution < -0.4 is 26.2 Å². The second kappa shape index (κ2) is 21.9. The summed E-state index contributed by atoms with van der Waals surface area (Å²) in [6, 6.07) is 18.1. The van der Waals surface area contributed by atoms with Crippen LogP contribution in [0.15, 0.2) is 72.2 Å². The molecule has 6 rings (SSSR count). The third kappa shape index (κ3) is 12.5. The first-order valence-corrected chi connectivity index (χ1v) is 23.3. The summed E-state index contributed by atoms with van der Waals surface area (Å²) in [6.45, 7) is 11.1. The number of carbonyl (C=O) groups is 4. The van der Waals surface area contributed by atoms with E-state index in [9.17, 15) is 37.5 Å². The maximum Gasteiger partial charge on any atom is 0.417 e. The van der Waals surface area contributed by atoms with Crippen molar-refractivity contribution in [1.82, 2.24) is 20.5 Å². The molecule has 0 unspecified atom stereocenters. The van der Waals surface area contributed by atoms with Crippen LogP contribution in [-0.2, 0) is 41.4 Å². The van der Waals surface area contributed by atoms with Gasteiger partial charge in [-0.1, -0.05) is 56.9 Å². The van der Waals surface area contributed by atoms with Gasteiger partial charge in [-0.3, -0.25) is 24.1 Å². The number of rotatable bonds is 15. The van der Waals surface area contributed by atoms with Gasteiger partial charge in [-0.2, -0.15) is 13.2 Å². The van der Waals surface area contributed by atoms with E-state index in [0.717, 1.165) is 38.7 Å². The summed E-state index contributed by atoms with van der Waals surface area (Å²) >= 11 is 7.21. The number of thiocarbonyl (C=S) groups is 1. The summed E-state index contributed by atoms with van der Waals surface area (Å²) in [5, 5.41) is 16.2. The van der Waals surface area contributed by atoms with Crippen molar-refractivity contribution in [3.63, 3.8) is 0 Å². The predicted octanol–water partition coefficient (Wildman–Crippen LogP) is 5.91. The van der Waals surface area contributed by atoms with Gasteiger partial charge in [0.15, 0.2) is 5.11 Å². The van der Waals surface area contributed by atoms with E-state index in [1.807, 2.05) is 37.2 Å². The number of thiazole rings is 1. The summed E-state index contributed by atoms with van der Waals surface area (Å²) in [4.78, 5) is 63.4. The van der Waals surface area contributed by atoms with Gasteiger partial charge in [0.05, 0.1) is 40.0 Å². The van der Waals surface area contributed by atoms with Gasteiger partial charge in [0, 0.05) is 49.0 Å². The number of anilines is 2. The number of carbonyl (C=O) groups excluding carboxylic acids is 4. The maximum absolute atomic E-state index is 14.0. The molecule has 2 saturated heterocycles. The minimum Gasteiger partial charge on any atom is -0.391 e. The molecule has 0 bridgehead atoms. The number of alkyl halides is 3. The van der Waals surface area contributed by atoms with Crippen LogP contribution in [0.2, 0.25) is 0 Å². The van der Waals surface area contributed by atoms with Gasteiger partial charge < -0.3 is 40.7 Å². The molecule has 0 aliphatic carbocycles. The molecule has 1 aromatic heterocycles. The van der Waals surface area contributed by atoms with Gasteiger partial charge in [-0.25, -0.2) is 4.98 Å². The molecule has 2 aliphatic heterocycles. The predicted molar refractivity (Wildman–Crippen MR) is 260 cm³/mol. The second-order valence-corrected chi connectivity index (χ2v) is 19.3. The Morgan fingerprint density at radius 3 is 2.33 bits per heavy atom. The monoisotopic (exact) mass is 985 g/mol. The smallest absolute Gasteiger partial charge is 0.391 e. The summed E-state index contributed by atoms with van der Waals surface area (Å²) in [5.74, 6) is 6.28.